The average molecular weight is 343 g/mol. The summed E-state index contributed by atoms with van der Waals surface area (Å²) < 4.78 is 16.4. The Bertz CT molecular complexity index is 655. The number of amides is 1. The van der Waals surface area contributed by atoms with Crippen molar-refractivity contribution in [3.63, 3.8) is 0 Å². The van der Waals surface area contributed by atoms with Crippen LogP contribution in [-0.4, -0.2) is 32.3 Å². The predicted molar refractivity (Wildman–Crippen MR) is 98.6 cm³/mol. The molecule has 0 aromatic heterocycles. The first kappa shape index (κ1) is 18.8. The van der Waals surface area contributed by atoms with Crippen LogP contribution in [0.1, 0.15) is 30.6 Å². The van der Waals surface area contributed by atoms with Gasteiger partial charge in [-0.25, -0.2) is 0 Å². The van der Waals surface area contributed by atoms with E-state index >= 15 is 0 Å². The normalized spacial score (nSPS) is 10.3. The van der Waals surface area contributed by atoms with Gasteiger partial charge >= 0.3 is 0 Å². The Labute approximate surface area is 148 Å². The molecule has 0 saturated heterocycles. The van der Waals surface area contributed by atoms with Crippen molar-refractivity contribution in [3.8, 4) is 11.5 Å². The van der Waals surface area contributed by atoms with E-state index in [9.17, 15) is 4.79 Å². The van der Waals surface area contributed by atoms with Crippen LogP contribution in [0, 0.1) is 0 Å². The Morgan fingerprint density at radius 1 is 0.920 bits per heavy atom. The summed E-state index contributed by atoms with van der Waals surface area (Å²) in [6.45, 7) is 6.21. The summed E-state index contributed by atoms with van der Waals surface area (Å²) in [7, 11) is 0. The molecular formula is C20H25NO4. The largest absolute Gasteiger partial charge is 0.494 e. The number of anilines is 1. The van der Waals surface area contributed by atoms with Crippen molar-refractivity contribution >= 4 is 11.6 Å². The molecule has 0 radical (unpaired) electrons. The Morgan fingerprint density at radius 3 is 2.40 bits per heavy atom. The minimum absolute atomic E-state index is 0.214. The van der Waals surface area contributed by atoms with Crippen molar-refractivity contribution < 1.29 is 19.0 Å². The van der Waals surface area contributed by atoms with Crippen LogP contribution in [0.15, 0.2) is 48.5 Å². The third kappa shape index (κ3) is 6.12. The fourth-order valence-electron chi connectivity index (χ4n) is 2.19. The molecule has 0 heterocycles. The van der Waals surface area contributed by atoms with Crippen molar-refractivity contribution in [1.82, 2.24) is 0 Å². The minimum Gasteiger partial charge on any atom is -0.494 e. The second-order valence-electron chi connectivity index (χ2n) is 5.37. The lowest BCUT2D eigenvalue weighted by atomic mass is 10.2. The fourth-order valence-corrected chi connectivity index (χ4v) is 2.19. The van der Waals surface area contributed by atoms with Crippen LogP contribution < -0.4 is 14.8 Å². The summed E-state index contributed by atoms with van der Waals surface area (Å²) in [5.74, 6) is 1.12. The first-order valence-corrected chi connectivity index (χ1v) is 8.58. The van der Waals surface area contributed by atoms with Gasteiger partial charge < -0.3 is 19.5 Å². The molecule has 2 aromatic rings. The van der Waals surface area contributed by atoms with E-state index in [1.807, 2.05) is 43.3 Å². The SMILES string of the molecule is CCCOc1ccc(NC(=O)c2ccccc2OCCOCC)cc1. The van der Waals surface area contributed by atoms with Gasteiger partial charge in [-0.3, -0.25) is 4.79 Å². The zero-order chi connectivity index (χ0) is 17.9. The summed E-state index contributed by atoms with van der Waals surface area (Å²) in [5.41, 5.74) is 1.20. The van der Waals surface area contributed by atoms with Gasteiger partial charge in [0.1, 0.15) is 18.1 Å². The number of hydrogen-bond donors (Lipinski definition) is 1. The second kappa shape index (κ2) is 10.4. The molecule has 134 valence electrons. The Hall–Kier alpha value is -2.53. The average Bonchev–Trinajstić information content (AvgIpc) is 2.65. The molecule has 1 N–H and O–H groups in total. The summed E-state index contributed by atoms with van der Waals surface area (Å²) in [5, 5.41) is 2.88. The highest BCUT2D eigenvalue weighted by atomic mass is 16.5. The van der Waals surface area contributed by atoms with Crippen molar-refractivity contribution in [2.45, 2.75) is 20.3 Å². The van der Waals surface area contributed by atoms with Crippen LogP contribution >= 0.6 is 0 Å². The quantitative estimate of drug-likeness (QED) is 0.659. The second-order valence-corrected chi connectivity index (χ2v) is 5.37. The smallest absolute Gasteiger partial charge is 0.259 e. The highest BCUT2D eigenvalue weighted by Gasteiger charge is 2.12. The monoisotopic (exact) mass is 343 g/mol. The van der Waals surface area contributed by atoms with Gasteiger partial charge in [-0.15, -0.1) is 0 Å². The lowest BCUT2D eigenvalue weighted by Gasteiger charge is -2.12. The number of ether oxygens (including phenoxy) is 3. The van der Waals surface area contributed by atoms with Crippen molar-refractivity contribution in [2.24, 2.45) is 0 Å². The molecule has 25 heavy (non-hydrogen) atoms. The molecule has 0 unspecified atom stereocenters. The van der Waals surface area contributed by atoms with Gasteiger partial charge in [-0.1, -0.05) is 19.1 Å². The lowest BCUT2D eigenvalue weighted by molar-refractivity contribution is 0.0998. The van der Waals surface area contributed by atoms with Crippen LogP contribution in [0.4, 0.5) is 5.69 Å². The molecule has 0 aliphatic heterocycles. The molecular weight excluding hydrogens is 318 g/mol. The van der Waals surface area contributed by atoms with Gasteiger partial charge in [0.05, 0.1) is 18.8 Å². The third-order valence-electron chi connectivity index (χ3n) is 3.41. The summed E-state index contributed by atoms with van der Waals surface area (Å²) in [6.07, 6.45) is 0.957. The molecule has 0 bridgehead atoms. The van der Waals surface area contributed by atoms with Gasteiger partial charge in [0.15, 0.2) is 0 Å². The maximum atomic E-state index is 12.5. The van der Waals surface area contributed by atoms with Crippen LogP contribution in [0.5, 0.6) is 11.5 Å². The highest BCUT2D eigenvalue weighted by molar-refractivity contribution is 6.06. The number of nitrogens with one attached hydrogen (secondary N) is 1. The van der Waals surface area contributed by atoms with Gasteiger partial charge in [0, 0.05) is 12.3 Å². The fraction of sp³-hybridized carbons (Fsp3) is 0.350. The van der Waals surface area contributed by atoms with Gasteiger partial charge in [-0.2, -0.15) is 0 Å². The first-order valence-electron chi connectivity index (χ1n) is 8.58. The Balaban J connectivity index is 1.98. The number of carbonyl (C=O) groups excluding carboxylic acids is 1. The topological polar surface area (TPSA) is 56.8 Å². The standard InChI is InChI=1S/C20H25NO4/c1-3-13-24-17-11-9-16(10-12-17)21-20(22)18-7-5-6-8-19(18)25-15-14-23-4-2/h5-12H,3-4,13-15H2,1-2H3,(H,21,22). The number of benzene rings is 2. The van der Waals surface area contributed by atoms with E-state index in [1.54, 1.807) is 12.1 Å². The maximum Gasteiger partial charge on any atom is 0.259 e. The highest BCUT2D eigenvalue weighted by Crippen LogP contribution is 2.21. The van der Waals surface area contributed by atoms with Crippen LogP contribution in [0.2, 0.25) is 0 Å². The maximum absolute atomic E-state index is 12.5. The summed E-state index contributed by atoms with van der Waals surface area (Å²) in [4.78, 5) is 12.5. The molecule has 0 aliphatic rings. The molecule has 0 atom stereocenters. The van der Waals surface area contributed by atoms with Crippen molar-refractivity contribution in [3.05, 3.63) is 54.1 Å². The van der Waals surface area contributed by atoms with E-state index in [4.69, 9.17) is 14.2 Å². The van der Waals surface area contributed by atoms with E-state index in [0.717, 1.165) is 12.2 Å². The van der Waals surface area contributed by atoms with Crippen molar-refractivity contribution in [2.75, 3.05) is 31.7 Å². The lowest BCUT2D eigenvalue weighted by Crippen LogP contribution is -2.15. The summed E-state index contributed by atoms with van der Waals surface area (Å²) in [6, 6.07) is 14.5. The van der Waals surface area contributed by atoms with Gasteiger partial charge in [0.25, 0.3) is 5.91 Å². The van der Waals surface area contributed by atoms with E-state index in [2.05, 4.69) is 12.2 Å². The number of hydrogen-bond acceptors (Lipinski definition) is 4. The Morgan fingerprint density at radius 2 is 1.68 bits per heavy atom. The Kier molecular flexibility index (Phi) is 7.79. The van der Waals surface area contributed by atoms with Crippen LogP contribution in [0.25, 0.3) is 0 Å². The third-order valence-corrected chi connectivity index (χ3v) is 3.41. The molecule has 0 aliphatic carbocycles. The minimum atomic E-state index is -0.214. The molecule has 0 fully saturated rings. The zero-order valence-corrected chi connectivity index (χ0v) is 14.8. The number of carbonyl (C=O) groups is 1. The number of rotatable bonds is 10. The molecule has 2 aromatic carbocycles. The molecule has 1 amide bonds. The zero-order valence-electron chi connectivity index (χ0n) is 14.8. The van der Waals surface area contributed by atoms with Crippen LogP contribution in [0.3, 0.4) is 0 Å². The van der Waals surface area contributed by atoms with Gasteiger partial charge in [0.2, 0.25) is 0 Å². The van der Waals surface area contributed by atoms with Gasteiger partial charge in [-0.05, 0) is 49.7 Å². The van der Waals surface area contributed by atoms with E-state index < -0.39 is 0 Å². The first-order chi connectivity index (χ1) is 12.2. The van der Waals surface area contributed by atoms with E-state index in [1.165, 1.54) is 0 Å². The van der Waals surface area contributed by atoms with Crippen molar-refractivity contribution in [1.29, 1.82) is 0 Å². The molecule has 2 rings (SSSR count). The van der Waals surface area contributed by atoms with E-state index in [0.29, 0.717) is 43.4 Å². The van der Waals surface area contributed by atoms with E-state index in [-0.39, 0.29) is 5.91 Å². The molecule has 5 nitrogen and oxygen atoms in total. The molecule has 0 saturated carbocycles. The molecule has 0 spiro atoms. The summed E-state index contributed by atoms with van der Waals surface area (Å²) >= 11 is 0. The van der Waals surface area contributed by atoms with Crippen LogP contribution in [-0.2, 0) is 4.74 Å². The predicted octanol–water partition coefficient (Wildman–Crippen LogP) is 4.14. The molecule has 5 heteroatoms. The number of para-hydroxylation sites is 1.